The number of hydrogen-bond donors (Lipinski definition) is 1. The normalized spacial score (nSPS) is 13.5. The van der Waals surface area contributed by atoms with Gasteiger partial charge in [0.05, 0.1) is 17.0 Å². The molecular weight excluding hydrogens is 416 g/mol. The standard InChI is InChI=1S/C22H24N4O4S/c1-24-22(28)17-9-7-16(8-10-17)14-26(19-11-12-19)21(27)15-25(2)31(29,30)20-6-4-3-5-18(20)13-23/h3-10,19H,11-12,14-15H2,1-2H3,(H,24,28). The zero-order chi connectivity index (χ0) is 22.6. The first-order valence-electron chi connectivity index (χ1n) is 9.84. The van der Waals surface area contributed by atoms with Crippen LogP contribution in [-0.4, -0.2) is 56.1 Å². The molecule has 0 spiro atoms. The Morgan fingerprint density at radius 2 is 1.77 bits per heavy atom. The van der Waals surface area contributed by atoms with Gasteiger partial charge in [0, 0.05) is 32.2 Å². The maximum absolute atomic E-state index is 13.0. The smallest absolute Gasteiger partial charge is 0.251 e. The van der Waals surface area contributed by atoms with Crippen molar-refractivity contribution in [3.8, 4) is 6.07 Å². The number of nitriles is 1. The van der Waals surface area contributed by atoms with Crippen LogP contribution in [0.2, 0.25) is 0 Å². The Bertz CT molecular complexity index is 1120. The van der Waals surface area contributed by atoms with E-state index in [1.54, 1.807) is 48.3 Å². The van der Waals surface area contributed by atoms with Gasteiger partial charge in [-0.1, -0.05) is 24.3 Å². The van der Waals surface area contributed by atoms with Crippen LogP contribution in [-0.2, 0) is 21.4 Å². The number of hydrogen-bond acceptors (Lipinski definition) is 5. The lowest BCUT2D eigenvalue weighted by Gasteiger charge is -2.25. The molecule has 1 saturated carbocycles. The van der Waals surface area contributed by atoms with Crippen molar-refractivity contribution in [3.63, 3.8) is 0 Å². The number of sulfonamides is 1. The molecular formula is C22H24N4O4S. The summed E-state index contributed by atoms with van der Waals surface area (Å²) >= 11 is 0. The lowest BCUT2D eigenvalue weighted by molar-refractivity contribution is -0.132. The molecule has 9 heteroatoms. The molecule has 0 bridgehead atoms. The van der Waals surface area contributed by atoms with Crippen LogP contribution in [0.3, 0.4) is 0 Å². The molecule has 0 heterocycles. The van der Waals surface area contributed by atoms with Crippen LogP contribution in [0.25, 0.3) is 0 Å². The maximum Gasteiger partial charge on any atom is 0.251 e. The largest absolute Gasteiger partial charge is 0.355 e. The van der Waals surface area contributed by atoms with Crippen LogP contribution < -0.4 is 5.32 Å². The topological polar surface area (TPSA) is 111 Å². The molecule has 2 aromatic carbocycles. The van der Waals surface area contributed by atoms with E-state index in [9.17, 15) is 23.3 Å². The zero-order valence-corrected chi connectivity index (χ0v) is 18.2. The second-order valence-corrected chi connectivity index (χ2v) is 9.41. The first kappa shape index (κ1) is 22.5. The van der Waals surface area contributed by atoms with Crippen LogP contribution in [0, 0.1) is 11.3 Å². The second-order valence-electron chi connectivity index (χ2n) is 7.40. The summed E-state index contributed by atoms with van der Waals surface area (Å²) < 4.78 is 26.8. The van der Waals surface area contributed by atoms with E-state index < -0.39 is 10.0 Å². The highest BCUT2D eigenvalue weighted by Crippen LogP contribution is 2.29. The molecule has 0 atom stereocenters. The predicted molar refractivity (Wildman–Crippen MR) is 114 cm³/mol. The van der Waals surface area contributed by atoms with Gasteiger partial charge in [-0.05, 0) is 42.7 Å². The Labute approximate surface area is 182 Å². The molecule has 31 heavy (non-hydrogen) atoms. The third-order valence-electron chi connectivity index (χ3n) is 5.16. The summed E-state index contributed by atoms with van der Waals surface area (Å²) in [6.45, 7) is 0.00904. The van der Waals surface area contributed by atoms with Crippen molar-refractivity contribution < 1.29 is 18.0 Å². The first-order valence-corrected chi connectivity index (χ1v) is 11.3. The van der Waals surface area contributed by atoms with E-state index in [0.717, 1.165) is 22.7 Å². The third-order valence-corrected chi connectivity index (χ3v) is 7.02. The van der Waals surface area contributed by atoms with E-state index in [1.807, 2.05) is 6.07 Å². The summed E-state index contributed by atoms with van der Waals surface area (Å²) in [6.07, 6.45) is 1.74. The van der Waals surface area contributed by atoms with Crippen LogP contribution in [0.15, 0.2) is 53.4 Å². The Hall–Kier alpha value is -3.22. The summed E-state index contributed by atoms with van der Waals surface area (Å²) in [5.41, 5.74) is 1.42. The van der Waals surface area contributed by atoms with Crippen LogP contribution in [0.5, 0.6) is 0 Å². The van der Waals surface area contributed by atoms with Gasteiger partial charge >= 0.3 is 0 Å². The highest BCUT2D eigenvalue weighted by molar-refractivity contribution is 7.89. The van der Waals surface area contributed by atoms with E-state index in [4.69, 9.17) is 0 Å². The fraction of sp³-hybridized carbons (Fsp3) is 0.318. The second kappa shape index (κ2) is 9.29. The monoisotopic (exact) mass is 440 g/mol. The number of carbonyl (C=O) groups is 2. The Morgan fingerprint density at radius 3 is 2.35 bits per heavy atom. The van der Waals surface area contributed by atoms with Crippen molar-refractivity contribution in [1.82, 2.24) is 14.5 Å². The van der Waals surface area contributed by atoms with E-state index in [0.29, 0.717) is 12.1 Å². The SMILES string of the molecule is CNC(=O)c1ccc(CN(C(=O)CN(C)S(=O)(=O)c2ccccc2C#N)C2CC2)cc1. The minimum absolute atomic E-state index is 0.0389. The van der Waals surface area contributed by atoms with Gasteiger partial charge in [0.1, 0.15) is 6.07 Å². The fourth-order valence-electron chi connectivity index (χ4n) is 3.23. The van der Waals surface area contributed by atoms with Crippen molar-refractivity contribution in [1.29, 1.82) is 5.26 Å². The minimum Gasteiger partial charge on any atom is -0.355 e. The van der Waals surface area contributed by atoms with Gasteiger partial charge in [0.15, 0.2) is 0 Å². The number of carbonyl (C=O) groups excluding carboxylic acids is 2. The summed E-state index contributed by atoms with van der Waals surface area (Å²) in [5.74, 6) is -0.496. The molecule has 1 N–H and O–H groups in total. The molecule has 0 aliphatic heterocycles. The predicted octanol–water partition coefficient (Wildman–Crippen LogP) is 1.73. The van der Waals surface area contributed by atoms with Gasteiger partial charge in [-0.15, -0.1) is 0 Å². The summed E-state index contributed by atoms with van der Waals surface area (Å²) in [7, 11) is -1.09. The van der Waals surface area contributed by atoms with E-state index in [-0.39, 0.29) is 34.9 Å². The third kappa shape index (κ3) is 5.10. The van der Waals surface area contributed by atoms with Gasteiger partial charge in [-0.3, -0.25) is 9.59 Å². The molecule has 0 unspecified atom stereocenters. The van der Waals surface area contributed by atoms with E-state index in [1.165, 1.54) is 19.2 Å². The zero-order valence-electron chi connectivity index (χ0n) is 17.4. The van der Waals surface area contributed by atoms with E-state index in [2.05, 4.69) is 5.32 Å². The lowest BCUT2D eigenvalue weighted by atomic mass is 10.1. The van der Waals surface area contributed by atoms with Gasteiger partial charge in [-0.2, -0.15) is 9.57 Å². The number of rotatable bonds is 8. The lowest BCUT2D eigenvalue weighted by Crippen LogP contribution is -2.42. The van der Waals surface area contributed by atoms with Crippen molar-refractivity contribution >= 4 is 21.8 Å². The highest BCUT2D eigenvalue weighted by Gasteiger charge is 2.34. The molecule has 1 aliphatic rings. The number of nitrogens with zero attached hydrogens (tertiary/aromatic N) is 3. The molecule has 8 nitrogen and oxygen atoms in total. The summed E-state index contributed by atoms with van der Waals surface area (Å²) in [6, 6.07) is 14.9. The molecule has 0 saturated heterocycles. The molecule has 2 amide bonds. The van der Waals surface area contributed by atoms with Gasteiger partial charge in [0.25, 0.3) is 5.91 Å². The summed E-state index contributed by atoms with van der Waals surface area (Å²) in [5, 5.41) is 11.8. The van der Waals surface area contributed by atoms with Crippen molar-refractivity contribution in [2.75, 3.05) is 20.6 Å². The Kier molecular flexibility index (Phi) is 6.73. The van der Waals surface area contributed by atoms with Crippen LogP contribution >= 0.6 is 0 Å². The first-order chi connectivity index (χ1) is 14.8. The van der Waals surface area contributed by atoms with Gasteiger partial charge in [0.2, 0.25) is 15.9 Å². The average molecular weight is 441 g/mol. The average Bonchev–Trinajstić information content (AvgIpc) is 3.62. The van der Waals surface area contributed by atoms with E-state index >= 15 is 0 Å². The molecule has 3 rings (SSSR count). The number of benzene rings is 2. The maximum atomic E-state index is 13.0. The van der Waals surface area contributed by atoms with Crippen molar-refractivity contribution in [2.24, 2.45) is 0 Å². The highest BCUT2D eigenvalue weighted by atomic mass is 32.2. The molecule has 1 fully saturated rings. The minimum atomic E-state index is -3.99. The van der Waals surface area contributed by atoms with Gasteiger partial charge in [-0.25, -0.2) is 8.42 Å². The number of amides is 2. The van der Waals surface area contributed by atoms with Crippen LogP contribution in [0.4, 0.5) is 0 Å². The molecule has 0 aromatic heterocycles. The molecule has 2 aromatic rings. The number of nitrogens with one attached hydrogen (secondary N) is 1. The molecule has 1 aliphatic carbocycles. The Balaban J connectivity index is 1.74. The number of likely N-dealkylation sites (N-methyl/N-ethyl adjacent to an activating group) is 1. The summed E-state index contributed by atoms with van der Waals surface area (Å²) in [4.78, 5) is 26.2. The van der Waals surface area contributed by atoms with Crippen molar-refractivity contribution in [2.45, 2.75) is 30.3 Å². The molecule has 162 valence electrons. The fourth-order valence-corrected chi connectivity index (χ4v) is 4.49. The Morgan fingerprint density at radius 1 is 1.13 bits per heavy atom. The molecule has 0 radical (unpaired) electrons. The van der Waals surface area contributed by atoms with Crippen molar-refractivity contribution in [3.05, 3.63) is 65.2 Å². The van der Waals surface area contributed by atoms with Gasteiger partial charge < -0.3 is 10.2 Å². The quantitative estimate of drug-likeness (QED) is 0.672. The van der Waals surface area contributed by atoms with Crippen LogP contribution in [0.1, 0.15) is 34.3 Å².